The van der Waals surface area contributed by atoms with Crippen molar-refractivity contribution in [2.45, 2.75) is 46.0 Å². The van der Waals surface area contributed by atoms with E-state index in [-0.39, 0.29) is 12.5 Å². The van der Waals surface area contributed by atoms with Gasteiger partial charge in [-0.05, 0) is 32.6 Å². The van der Waals surface area contributed by atoms with Gasteiger partial charge < -0.3 is 10.4 Å². The summed E-state index contributed by atoms with van der Waals surface area (Å²) in [5, 5.41) is 11.7. The maximum absolute atomic E-state index is 11.8. The van der Waals surface area contributed by atoms with Gasteiger partial charge in [-0.2, -0.15) is 0 Å². The highest BCUT2D eigenvalue weighted by Crippen LogP contribution is 2.25. The van der Waals surface area contributed by atoms with Gasteiger partial charge in [-0.3, -0.25) is 9.59 Å². The molecule has 1 aliphatic carbocycles. The summed E-state index contributed by atoms with van der Waals surface area (Å²) in [7, 11) is 0. The van der Waals surface area contributed by atoms with E-state index in [1.165, 1.54) is 0 Å². The molecule has 17 heavy (non-hydrogen) atoms. The van der Waals surface area contributed by atoms with Crippen molar-refractivity contribution in [3.63, 3.8) is 0 Å². The van der Waals surface area contributed by atoms with Crippen LogP contribution < -0.4 is 5.32 Å². The van der Waals surface area contributed by atoms with Crippen LogP contribution in [0.25, 0.3) is 0 Å². The normalized spacial score (nSPS) is 17.1. The predicted octanol–water partition coefficient (Wildman–Crippen LogP) is 2.10. The fraction of sp³-hybridized carbons (Fsp3) is 0.692. The third-order valence-corrected chi connectivity index (χ3v) is 3.26. The molecule has 1 rings (SSSR count). The summed E-state index contributed by atoms with van der Waals surface area (Å²) >= 11 is 0. The van der Waals surface area contributed by atoms with E-state index in [0.29, 0.717) is 6.42 Å². The van der Waals surface area contributed by atoms with Crippen molar-refractivity contribution in [2.24, 2.45) is 5.92 Å². The van der Waals surface area contributed by atoms with E-state index < -0.39 is 11.9 Å². The van der Waals surface area contributed by atoms with Crippen LogP contribution in [0.5, 0.6) is 0 Å². The van der Waals surface area contributed by atoms with Gasteiger partial charge in [-0.15, -0.1) is 0 Å². The first-order valence-electron chi connectivity index (χ1n) is 6.25. The molecule has 1 unspecified atom stereocenters. The Morgan fingerprint density at radius 1 is 1.41 bits per heavy atom. The standard InChI is InChI=1S/C13H21NO3/c1-3-5-10(13(16)17)8-14-12(15)11-7-4-6-9(11)2/h10H,3-8H2,1-2H3,(H,14,15)(H,16,17). The molecule has 0 fully saturated rings. The monoisotopic (exact) mass is 239 g/mol. The molecule has 0 aromatic heterocycles. The van der Waals surface area contributed by atoms with Gasteiger partial charge in [0, 0.05) is 12.1 Å². The fourth-order valence-corrected chi connectivity index (χ4v) is 2.19. The molecule has 4 nitrogen and oxygen atoms in total. The Bertz CT molecular complexity index is 334. The highest BCUT2D eigenvalue weighted by atomic mass is 16.4. The van der Waals surface area contributed by atoms with Crippen molar-refractivity contribution < 1.29 is 14.7 Å². The van der Waals surface area contributed by atoms with Crippen LogP contribution in [-0.2, 0) is 9.59 Å². The van der Waals surface area contributed by atoms with Gasteiger partial charge in [0.1, 0.15) is 0 Å². The smallest absolute Gasteiger partial charge is 0.308 e. The minimum absolute atomic E-state index is 0.0812. The summed E-state index contributed by atoms with van der Waals surface area (Å²) in [6, 6.07) is 0. The van der Waals surface area contributed by atoms with E-state index in [4.69, 9.17) is 5.11 Å². The van der Waals surface area contributed by atoms with Gasteiger partial charge in [0.05, 0.1) is 5.92 Å². The molecule has 0 saturated carbocycles. The number of hydrogen-bond acceptors (Lipinski definition) is 2. The number of carboxylic acid groups (broad SMARTS) is 1. The lowest BCUT2D eigenvalue weighted by Crippen LogP contribution is -2.33. The SMILES string of the molecule is CCCC(CNC(=O)C1=C(C)CCC1)C(=O)O. The lowest BCUT2D eigenvalue weighted by Gasteiger charge is -2.13. The summed E-state index contributed by atoms with van der Waals surface area (Å²) < 4.78 is 0. The molecule has 0 radical (unpaired) electrons. The summed E-state index contributed by atoms with van der Waals surface area (Å²) in [5.41, 5.74) is 2.00. The second kappa shape index (κ2) is 6.42. The fourth-order valence-electron chi connectivity index (χ4n) is 2.19. The number of carbonyl (C=O) groups excluding carboxylic acids is 1. The Kier molecular flexibility index (Phi) is 5.19. The van der Waals surface area contributed by atoms with Gasteiger partial charge in [-0.1, -0.05) is 18.9 Å². The molecule has 2 N–H and O–H groups in total. The Balaban J connectivity index is 2.46. The van der Waals surface area contributed by atoms with Crippen molar-refractivity contribution in [1.29, 1.82) is 0 Å². The molecule has 0 bridgehead atoms. The molecule has 1 aliphatic rings. The van der Waals surface area contributed by atoms with Crippen LogP contribution >= 0.6 is 0 Å². The molecule has 1 amide bonds. The van der Waals surface area contributed by atoms with Gasteiger partial charge in [0.15, 0.2) is 0 Å². The summed E-state index contributed by atoms with van der Waals surface area (Å²) in [4.78, 5) is 22.7. The zero-order valence-corrected chi connectivity index (χ0v) is 10.6. The first-order chi connectivity index (χ1) is 8.06. The zero-order valence-electron chi connectivity index (χ0n) is 10.6. The second-order valence-corrected chi connectivity index (χ2v) is 4.65. The Morgan fingerprint density at radius 3 is 2.59 bits per heavy atom. The molecule has 0 aromatic carbocycles. The van der Waals surface area contributed by atoms with Gasteiger partial charge in [0.2, 0.25) is 5.91 Å². The summed E-state index contributed by atoms with van der Waals surface area (Å²) in [6.07, 6.45) is 4.26. The van der Waals surface area contributed by atoms with Crippen LogP contribution in [0.1, 0.15) is 46.0 Å². The number of carboxylic acids is 1. The molecule has 0 heterocycles. The second-order valence-electron chi connectivity index (χ2n) is 4.65. The van der Waals surface area contributed by atoms with E-state index in [9.17, 15) is 9.59 Å². The molecule has 0 aromatic rings. The average Bonchev–Trinajstić information content (AvgIpc) is 2.69. The Hall–Kier alpha value is -1.32. The van der Waals surface area contributed by atoms with E-state index in [0.717, 1.165) is 36.8 Å². The quantitative estimate of drug-likeness (QED) is 0.746. The van der Waals surface area contributed by atoms with Gasteiger partial charge in [-0.25, -0.2) is 0 Å². The number of aliphatic carboxylic acids is 1. The number of rotatable bonds is 6. The molecule has 4 heteroatoms. The van der Waals surface area contributed by atoms with Crippen LogP contribution in [-0.4, -0.2) is 23.5 Å². The highest BCUT2D eigenvalue weighted by molar-refractivity contribution is 5.94. The molecular weight excluding hydrogens is 218 g/mol. The van der Waals surface area contributed by atoms with Gasteiger partial charge in [0.25, 0.3) is 0 Å². The number of amides is 1. The average molecular weight is 239 g/mol. The maximum atomic E-state index is 11.8. The van der Waals surface area contributed by atoms with E-state index in [2.05, 4.69) is 5.32 Å². The Labute approximate surface area is 102 Å². The van der Waals surface area contributed by atoms with Crippen molar-refractivity contribution in [2.75, 3.05) is 6.54 Å². The van der Waals surface area contributed by atoms with E-state index in [1.807, 2.05) is 13.8 Å². The van der Waals surface area contributed by atoms with Crippen LogP contribution in [0, 0.1) is 5.92 Å². The largest absolute Gasteiger partial charge is 0.481 e. The van der Waals surface area contributed by atoms with Crippen LogP contribution in [0.15, 0.2) is 11.1 Å². The lowest BCUT2D eigenvalue weighted by atomic mass is 10.0. The van der Waals surface area contributed by atoms with Gasteiger partial charge >= 0.3 is 5.97 Å². The molecule has 0 saturated heterocycles. The minimum atomic E-state index is -0.829. The van der Waals surface area contributed by atoms with Crippen molar-refractivity contribution in [3.8, 4) is 0 Å². The van der Waals surface area contributed by atoms with Crippen molar-refractivity contribution in [1.82, 2.24) is 5.32 Å². The molecule has 96 valence electrons. The number of nitrogens with one attached hydrogen (secondary N) is 1. The third-order valence-electron chi connectivity index (χ3n) is 3.26. The third kappa shape index (κ3) is 3.88. The number of allylic oxidation sites excluding steroid dienone is 1. The number of carbonyl (C=O) groups is 2. The first kappa shape index (κ1) is 13.7. The molecule has 0 spiro atoms. The van der Waals surface area contributed by atoms with Crippen molar-refractivity contribution in [3.05, 3.63) is 11.1 Å². The van der Waals surface area contributed by atoms with Crippen LogP contribution in [0.2, 0.25) is 0 Å². The van der Waals surface area contributed by atoms with E-state index >= 15 is 0 Å². The maximum Gasteiger partial charge on any atom is 0.308 e. The van der Waals surface area contributed by atoms with Crippen molar-refractivity contribution >= 4 is 11.9 Å². The molecule has 0 aliphatic heterocycles. The van der Waals surface area contributed by atoms with Crippen LogP contribution in [0.3, 0.4) is 0 Å². The van der Waals surface area contributed by atoms with E-state index in [1.54, 1.807) is 0 Å². The first-order valence-corrected chi connectivity index (χ1v) is 6.25. The molecule has 1 atom stereocenters. The highest BCUT2D eigenvalue weighted by Gasteiger charge is 2.21. The molecular formula is C13H21NO3. The Morgan fingerprint density at radius 2 is 2.12 bits per heavy atom. The van der Waals surface area contributed by atoms with Crippen LogP contribution in [0.4, 0.5) is 0 Å². The minimum Gasteiger partial charge on any atom is -0.481 e. The summed E-state index contributed by atoms with van der Waals surface area (Å²) in [6.45, 7) is 4.16. The topological polar surface area (TPSA) is 66.4 Å². The number of hydrogen-bond donors (Lipinski definition) is 2. The summed E-state index contributed by atoms with van der Waals surface area (Å²) in [5.74, 6) is -1.38. The lowest BCUT2D eigenvalue weighted by molar-refractivity contribution is -0.141. The zero-order chi connectivity index (χ0) is 12.8. The predicted molar refractivity (Wildman–Crippen MR) is 65.6 cm³/mol.